The van der Waals surface area contributed by atoms with E-state index in [0.29, 0.717) is 0 Å². The van der Waals surface area contributed by atoms with Gasteiger partial charge in [-0.3, -0.25) is 0 Å². The van der Waals surface area contributed by atoms with Crippen LogP contribution in [-0.4, -0.2) is 0 Å². The monoisotopic (exact) mass is 140 g/mol. The number of allylic oxidation sites excluding steroid dienone is 2. The van der Waals surface area contributed by atoms with E-state index < -0.39 is 0 Å². The van der Waals surface area contributed by atoms with Crippen LogP contribution in [0.3, 0.4) is 0 Å². The summed E-state index contributed by atoms with van der Waals surface area (Å²) in [5, 5.41) is 0. The second-order valence-electron chi connectivity index (χ2n) is 3.51. The molecule has 0 N–H and O–H groups in total. The van der Waals surface area contributed by atoms with E-state index in [9.17, 15) is 0 Å². The molecule has 0 saturated heterocycles. The van der Waals surface area contributed by atoms with Crippen molar-refractivity contribution in [2.45, 2.75) is 34.6 Å². The Kier molecular flexibility index (Phi) is 3.70. The molecule has 0 amide bonds. The molecule has 0 radical (unpaired) electrons. The smallest absolute Gasteiger partial charge is 0.0205 e. The van der Waals surface area contributed by atoms with Gasteiger partial charge in [-0.2, -0.15) is 0 Å². The van der Waals surface area contributed by atoms with Crippen molar-refractivity contribution in [1.82, 2.24) is 0 Å². The van der Waals surface area contributed by atoms with Crippen molar-refractivity contribution < 1.29 is 0 Å². The van der Waals surface area contributed by atoms with Gasteiger partial charge in [-0.1, -0.05) is 40.3 Å². The van der Waals surface area contributed by atoms with E-state index >= 15 is 0 Å². The zero-order valence-corrected chi connectivity index (χ0v) is 6.59. The molecule has 1 aliphatic carbocycles. The molecule has 0 saturated carbocycles. The Bertz CT molecular complexity index is 111. The molecule has 2 unspecified atom stereocenters. The Morgan fingerprint density at radius 1 is 1.30 bits per heavy atom. The van der Waals surface area contributed by atoms with Crippen molar-refractivity contribution in [2.75, 3.05) is 0 Å². The molecule has 1 aliphatic rings. The molecule has 0 aromatic rings. The maximum atomic E-state index is 2.37. The molecule has 0 spiro atoms. The van der Waals surface area contributed by atoms with E-state index in [4.69, 9.17) is 0 Å². The third kappa shape index (κ3) is 2.17. The Labute approximate surface area is 65.3 Å². The molecule has 10 heavy (non-hydrogen) atoms. The van der Waals surface area contributed by atoms with Crippen molar-refractivity contribution in [3.63, 3.8) is 0 Å². The van der Waals surface area contributed by atoms with Crippen LogP contribution in [0.2, 0.25) is 0 Å². The highest BCUT2D eigenvalue weighted by atomic mass is 14.2. The van der Waals surface area contributed by atoms with Crippen molar-refractivity contribution in [2.24, 2.45) is 17.8 Å². The topological polar surface area (TPSA) is 0 Å². The average molecular weight is 140 g/mol. The van der Waals surface area contributed by atoms with E-state index in [1.807, 2.05) is 0 Å². The minimum atomic E-state index is 0. The van der Waals surface area contributed by atoms with E-state index in [1.165, 1.54) is 6.42 Å². The summed E-state index contributed by atoms with van der Waals surface area (Å²) >= 11 is 0. The first-order valence-corrected chi connectivity index (χ1v) is 3.88. The van der Waals surface area contributed by atoms with Crippen LogP contribution < -0.4 is 0 Å². The molecule has 0 fully saturated rings. The van der Waals surface area contributed by atoms with Crippen LogP contribution in [0.15, 0.2) is 12.2 Å². The van der Waals surface area contributed by atoms with Gasteiger partial charge in [-0.05, 0) is 24.2 Å². The van der Waals surface area contributed by atoms with E-state index in [2.05, 4.69) is 32.9 Å². The first-order valence-electron chi connectivity index (χ1n) is 3.88. The Hall–Kier alpha value is -0.260. The van der Waals surface area contributed by atoms with Crippen molar-refractivity contribution in [3.8, 4) is 0 Å². The zero-order valence-electron chi connectivity index (χ0n) is 6.59. The molecule has 1 rings (SSSR count). The fraction of sp³-hybridized carbons (Fsp3) is 0.800. The van der Waals surface area contributed by atoms with Crippen molar-refractivity contribution in [1.29, 1.82) is 0 Å². The minimum absolute atomic E-state index is 0. The summed E-state index contributed by atoms with van der Waals surface area (Å²) in [4.78, 5) is 0. The minimum Gasteiger partial charge on any atom is -0.0854 e. The first kappa shape index (κ1) is 9.74. The molecular formula is C10H20. The summed E-state index contributed by atoms with van der Waals surface area (Å²) in [6.07, 6.45) is 6.08. The maximum Gasteiger partial charge on any atom is -0.0205 e. The van der Waals surface area contributed by atoms with Gasteiger partial charge in [0.1, 0.15) is 0 Å². The van der Waals surface area contributed by atoms with Gasteiger partial charge < -0.3 is 0 Å². The van der Waals surface area contributed by atoms with Crippen LogP contribution >= 0.6 is 0 Å². The van der Waals surface area contributed by atoms with Gasteiger partial charge in [-0.25, -0.2) is 0 Å². The number of hydrogen-bond donors (Lipinski definition) is 0. The van der Waals surface area contributed by atoms with Crippen LogP contribution in [-0.2, 0) is 0 Å². The lowest BCUT2D eigenvalue weighted by Crippen LogP contribution is -2.02. The summed E-state index contributed by atoms with van der Waals surface area (Å²) in [5.74, 6) is 2.53. The van der Waals surface area contributed by atoms with E-state index in [0.717, 1.165) is 17.8 Å². The highest BCUT2D eigenvalue weighted by molar-refractivity contribution is 5.01. The predicted octanol–water partition coefficient (Wildman–Crippen LogP) is 3.49. The highest BCUT2D eigenvalue weighted by Crippen LogP contribution is 2.28. The predicted molar refractivity (Wildman–Crippen MR) is 48.0 cm³/mol. The third-order valence-electron chi connectivity index (χ3n) is 2.19. The first-order chi connectivity index (χ1) is 4.20. The summed E-state index contributed by atoms with van der Waals surface area (Å²) < 4.78 is 0. The Morgan fingerprint density at radius 2 is 1.90 bits per heavy atom. The summed E-state index contributed by atoms with van der Waals surface area (Å²) in [5.41, 5.74) is 0. The normalized spacial score (nSPS) is 30.8. The molecule has 0 heterocycles. The SMILES string of the molecule is C.CC1C=CC(C(C)C)C1. The van der Waals surface area contributed by atoms with Gasteiger partial charge in [0, 0.05) is 0 Å². The van der Waals surface area contributed by atoms with Crippen LogP contribution in [0.4, 0.5) is 0 Å². The van der Waals surface area contributed by atoms with E-state index in [-0.39, 0.29) is 7.43 Å². The maximum absolute atomic E-state index is 2.37. The molecule has 0 aromatic carbocycles. The average Bonchev–Trinajstić information content (AvgIpc) is 2.14. The molecule has 2 atom stereocenters. The van der Waals surface area contributed by atoms with Gasteiger partial charge in [0.05, 0.1) is 0 Å². The fourth-order valence-electron chi connectivity index (χ4n) is 1.41. The van der Waals surface area contributed by atoms with Gasteiger partial charge in [0.25, 0.3) is 0 Å². The zero-order chi connectivity index (χ0) is 6.85. The van der Waals surface area contributed by atoms with E-state index in [1.54, 1.807) is 0 Å². The second kappa shape index (κ2) is 3.80. The molecule has 0 heteroatoms. The third-order valence-corrected chi connectivity index (χ3v) is 2.19. The molecule has 0 bridgehead atoms. The lowest BCUT2D eigenvalue weighted by molar-refractivity contribution is 0.425. The van der Waals surface area contributed by atoms with Crippen LogP contribution in [0.1, 0.15) is 34.6 Å². The van der Waals surface area contributed by atoms with Crippen LogP contribution in [0.25, 0.3) is 0 Å². The molecule has 60 valence electrons. The molecule has 0 nitrogen and oxygen atoms in total. The summed E-state index contributed by atoms with van der Waals surface area (Å²) in [6.45, 7) is 6.89. The quantitative estimate of drug-likeness (QED) is 0.489. The van der Waals surface area contributed by atoms with Crippen molar-refractivity contribution >= 4 is 0 Å². The van der Waals surface area contributed by atoms with Gasteiger partial charge >= 0.3 is 0 Å². The Morgan fingerprint density at radius 3 is 2.10 bits per heavy atom. The molecular weight excluding hydrogens is 120 g/mol. The van der Waals surface area contributed by atoms with Crippen LogP contribution in [0, 0.1) is 17.8 Å². The summed E-state index contributed by atoms with van der Waals surface area (Å²) in [7, 11) is 0. The van der Waals surface area contributed by atoms with Crippen LogP contribution in [0.5, 0.6) is 0 Å². The lowest BCUT2D eigenvalue weighted by Gasteiger charge is -2.12. The highest BCUT2D eigenvalue weighted by Gasteiger charge is 2.17. The number of rotatable bonds is 1. The van der Waals surface area contributed by atoms with Gasteiger partial charge in [0.2, 0.25) is 0 Å². The van der Waals surface area contributed by atoms with Gasteiger partial charge in [0.15, 0.2) is 0 Å². The molecule has 0 aliphatic heterocycles. The second-order valence-corrected chi connectivity index (χ2v) is 3.51. The standard InChI is InChI=1S/C9H16.CH4/c1-7(2)9-5-4-8(3)6-9;/h4-5,7-9H,6H2,1-3H3;1H4. The largest absolute Gasteiger partial charge is 0.0854 e. The summed E-state index contributed by atoms with van der Waals surface area (Å²) in [6, 6.07) is 0. The fourth-order valence-corrected chi connectivity index (χ4v) is 1.41. The van der Waals surface area contributed by atoms with Gasteiger partial charge in [-0.15, -0.1) is 0 Å². The molecule has 0 aromatic heterocycles. The van der Waals surface area contributed by atoms with Crippen molar-refractivity contribution in [3.05, 3.63) is 12.2 Å². The lowest BCUT2D eigenvalue weighted by atomic mass is 9.93. The Balaban J connectivity index is 0.000000810. The number of hydrogen-bond acceptors (Lipinski definition) is 0.